The predicted molar refractivity (Wildman–Crippen MR) is 74.4 cm³/mol. The number of aromatic amines is 1. The lowest BCUT2D eigenvalue weighted by Gasteiger charge is -2.20. The molecule has 19 heavy (non-hydrogen) atoms. The fourth-order valence-corrected chi connectivity index (χ4v) is 2.46. The maximum atomic E-state index is 11.9. The monoisotopic (exact) mass is 259 g/mol. The van der Waals surface area contributed by atoms with E-state index in [0.717, 1.165) is 19.4 Å². The molecule has 2 N–H and O–H groups in total. The zero-order chi connectivity index (χ0) is 13.2. The minimum atomic E-state index is -0.118. The summed E-state index contributed by atoms with van der Waals surface area (Å²) in [6.07, 6.45) is 2.33. The van der Waals surface area contributed by atoms with Crippen molar-refractivity contribution in [3.05, 3.63) is 34.6 Å². The summed E-state index contributed by atoms with van der Waals surface area (Å²) in [5.74, 6) is 0.506. The van der Waals surface area contributed by atoms with Crippen LogP contribution in [-0.4, -0.2) is 28.7 Å². The molecule has 5 nitrogen and oxygen atoms in total. The number of hydrogen-bond acceptors (Lipinski definition) is 4. The molecule has 2 heterocycles. The van der Waals surface area contributed by atoms with Gasteiger partial charge >= 0.3 is 0 Å². The van der Waals surface area contributed by atoms with Crippen molar-refractivity contribution in [2.24, 2.45) is 0 Å². The maximum absolute atomic E-state index is 11.9. The topological polar surface area (TPSA) is 67.0 Å². The van der Waals surface area contributed by atoms with Crippen molar-refractivity contribution >= 4 is 16.9 Å². The minimum absolute atomic E-state index is 0.118. The lowest BCUT2D eigenvalue weighted by molar-refractivity contribution is 0.0994. The second-order valence-electron chi connectivity index (χ2n) is 4.92. The Morgan fingerprint density at radius 3 is 3.11 bits per heavy atom. The van der Waals surface area contributed by atoms with Gasteiger partial charge in [0, 0.05) is 6.61 Å². The molecular weight excluding hydrogens is 242 g/mol. The van der Waals surface area contributed by atoms with Crippen molar-refractivity contribution < 1.29 is 4.74 Å². The van der Waals surface area contributed by atoms with Crippen LogP contribution in [0.15, 0.2) is 29.1 Å². The highest BCUT2D eigenvalue weighted by atomic mass is 16.5. The molecule has 0 bridgehead atoms. The smallest absolute Gasteiger partial charge is 0.260 e. The molecule has 0 radical (unpaired) electrons. The Morgan fingerprint density at radius 1 is 1.47 bits per heavy atom. The largest absolute Gasteiger partial charge is 0.376 e. The third-order valence-corrected chi connectivity index (χ3v) is 3.50. The number of H-pyrrole nitrogens is 1. The first kappa shape index (κ1) is 12.2. The highest BCUT2D eigenvalue weighted by Crippen LogP contribution is 2.18. The number of rotatable bonds is 3. The SMILES string of the molecule is C[C@@H](Nc1nc2ccccc2c(=O)[nH]1)[C@H]1CCCO1. The third kappa shape index (κ3) is 2.46. The number of aromatic nitrogens is 2. The molecule has 5 heteroatoms. The Bertz CT molecular complexity index is 632. The van der Waals surface area contributed by atoms with Gasteiger partial charge in [0.15, 0.2) is 0 Å². The van der Waals surface area contributed by atoms with Gasteiger partial charge in [-0.2, -0.15) is 0 Å². The van der Waals surface area contributed by atoms with E-state index in [1.165, 1.54) is 0 Å². The van der Waals surface area contributed by atoms with Gasteiger partial charge in [-0.15, -0.1) is 0 Å². The molecule has 0 unspecified atom stereocenters. The van der Waals surface area contributed by atoms with Crippen LogP contribution in [-0.2, 0) is 4.74 Å². The molecule has 2 atom stereocenters. The van der Waals surface area contributed by atoms with Crippen molar-refractivity contribution in [3.63, 3.8) is 0 Å². The van der Waals surface area contributed by atoms with Crippen LogP contribution in [0.3, 0.4) is 0 Å². The molecule has 2 aromatic rings. The lowest BCUT2D eigenvalue weighted by atomic mass is 10.1. The summed E-state index contributed by atoms with van der Waals surface area (Å²) in [6.45, 7) is 2.86. The zero-order valence-corrected chi connectivity index (χ0v) is 10.8. The van der Waals surface area contributed by atoms with E-state index >= 15 is 0 Å². The Kier molecular flexibility index (Phi) is 3.21. The summed E-state index contributed by atoms with van der Waals surface area (Å²) in [5, 5.41) is 3.83. The van der Waals surface area contributed by atoms with Gasteiger partial charge in [-0.25, -0.2) is 4.98 Å². The normalized spacial score (nSPS) is 20.6. The lowest BCUT2D eigenvalue weighted by Crippen LogP contribution is -2.31. The van der Waals surface area contributed by atoms with Gasteiger partial charge in [0.2, 0.25) is 5.95 Å². The molecule has 0 aliphatic carbocycles. The summed E-state index contributed by atoms with van der Waals surface area (Å²) < 4.78 is 5.62. The van der Waals surface area contributed by atoms with E-state index in [9.17, 15) is 4.79 Å². The van der Waals surface area contributed by atoms with E-state index in [4.69, 9.17) is 4.74 Å². The second-order valence-corrected chi connectivity index (χ2v) is 4.92. The van der Waals surface area contributed by atoms with Crippen LogP contribution in [0.2, 0.25) is 0 Å². The number of ether oxygens (including phenoxy) is 1. The van der Waals surface area contributed by atoms with Crippen LogP contribution in [0.25, 0.3) is 10.9 Å². The van der Waals surface area contributed by atoms with E-state index < -0.39 is 0 Å². The van der Waals surface area contributed by atoms with Crippen LogP contribution in [0.5, 0.6) is 0 Å². The molecule has 0 saturated carbocycles. The van der Waals surface area contributed by atoms with E-state index in [1.807, 2.05) is 25.1 Å². The predicted octanol–water partition coefficient (Wildman–Crippen LogP) is 1.90. The Hall–Kier alpha value is -1.88. The average Bonchev–Trinajstić information content (AvgIpc) is 2.93. The number of para-hydroxylation sites is 1. The van der Waals surface area contributed by atoms with E-state index in [2.05, 4.69) is 15.3 Å². The first-order valence-corrected chi connectivity index (χ1v) is 6.61. The van der Waals surface area contributed by atoms with Gasteiger partial charge in [-0.1, -0.05) is 12.1 Å². The molecule has 100 valence electrons. The Labute approximate surface area is 111 Å². The zero-order valence-electron chi connectivity index (χ0n) is 10.8. The van der Waals surface area contributed by atoms with E-state index in [1.54, 1.807) is 6.07 Å². The van der Waals surface area contributed by atoms with Crippen molar-refractivity contribution in [1.29, 1.82) is 0 Å². The van der Waals surface area contributed by atoms with Crippen molar-refractivity contribution in [1.82, 2.24) is 9.97 Å². The number of anilines is 1. The second kappa shape index (κ2) is 5.01. The van der Waals surface area contributed by atoms with Gasteiger partial charge < -0.3 is 10.1 Å². The molecule has 1 aromatic carbocycles. The van der Waals surface area contributed by atoms with Crippen LogP contribution < -0.4 is 10.9 Å². The molecule has 3 rings (SSSR count). The van der Waals surface area contributed by atoms with Gasteiger partial charge in [0.1, 0.15) is 0 Å². The van der Waals surface area contributed by atoms with Crippen molar-refractivity contribution in [2.45, 2.75) is 31.9 Å². The summed E-state index contributed by atoms with van der Waals surface area (Å²) in [6, 6.07) is 7.46. The van der Waals surface area contributed by atoms with Gasteiger partial charge in [-0.3, -0.25) is 9.78 Å². The van der Waals surface area contributed by atoms with Crippen LogP contribution >= 0.6 is 0 Å². The summed E-state index contributed by atoms with van der Waals surface area (Å²) in [4.78, 5) is 19.1. The molecule has 1 aromatic heterocycles. The van der Waals surface area contributed by atoms with Crippen molar-refractivity contribution in [2.75, 3.05) is 11.9 Å². The highest BCUT2D eigenvalue weighted by molar-refractivity contribution is 5.78. The Balaban J connectivity index is 1.86. The first-order chi connectivity index (χ1) is 9.24. The van der Waals surface area contributed by atoms with Crippen LogP contribution in [0.1, 0.15) is 19.8 Å². The number of nitrogens with zero attached hydrogens (tertiary/aromatic N) is 1. The number of nitrogens with one attached hydrogen (secondary N) is 2. The molecule has 1 saturated heterocycles. The van der Waals surface area contributed by atoms with E-state index in [-0.39, 0.29) is 17.7 Å². The minimum Gasteiger partial charge on any atom is -0.376 e. The number of benzene rings is 1. The van der Waals surface area contributed by atoms with Gasteiger partial charge in [-0.05, 0) is 31.9 Å². The van der Waals surface area contributed by atoms with E-state index in [0.29, 0.717) is 16.9 Å². The third-order valence-electron chi connectivity index (χ3n) is 3.50. The summed E-state index contributed by atoms with van der Waals surface area (Å²) >= 11 is 0. The highest BCUT2D eigenvalue weighted by Gasteiger charge is 2.22. The number of hydrogen-bond donors (Lipinski definition) is 2. The fourth-order valence-electron chi connectivity index (χ4n) is 2.46. The molecule has 0 spiro atoms. The van der Waals surface area contributed by atoms with Gasteiger partial charge in [0.25, 0.3) is 5.56 Å². The molecular formula is C14H17N3O2. The standard InChI is InChI=1S/C14H17N3O2/c1-9(12-7-4-8-19-12)15-14-16-11-6-3-2-5-10(11)13(18)17-14/h2-3,5-6,9,12H,4,7-8H2,1H3,(H2,15,16,17,18)/t9-,12-/m1/s1. The average molecular weight is 259 g/mol. The van der Waals surface area contributed by atoms with Crippen molar-refractivity contribution in [3.8, 4) is 0 Å². The Morgan fingerprint density at radius 2 is 2.32 bits per heavy atom. The molecule has 1 fully saturated rings. The summed E-state index contributed by atoms with van der Waals surface area (Å²) in [5.41, 5.74) is 0.584. The van der Waals surface area contributed by atoms with Gasteiger partial charge in [0.05, 0.1) is 23.0 Å². The first-order valence-electron chi connectivity index (χ1n) is 6.61. The summed E-state index contributed by atoms with van der Waals surface area (Å²) in [7, 11) is 0. The van der Waals surface area contributed by atoms with Crippen LogP contribution in [0.4, 0.5) is 5.95 Å². The van der Waals surface area contributed by atoms with Crippen LogP contribution in [0, 0.1) is 0 Å². The quantitative estimate of drug-likeness (QED) is 0.883. The molecule has 1 aliphatic heterocycles. The maximum Gasteiger partial charge on any atom is 0.260 e. The molecule has 1 aliphatic rings. The molecule has 0 amide bonds. The number of fused-ring (bicyclic) bond motifs is 1. The fraction of sp³-hybridized carbons (Fsp3) is 0.429.